The summed E-state index contributed by atoms with van der Waals surface area (Å²) in [7, 11) is 6.99. The van der Waals surface area contributed by atoms with Crippen molar-refractivity contribution in [2.45, 2.75) is 0 Å². The number of nitrogens with two attached hydrogens (primary N) is 1. The molecule has 10 heteroatoms. The van der Waals surface area contributed by atoms with Crippen molar-refractivity contribution < 1.29 is 9.59 Å². The van der Waals surface area contributed by atoms with Gasteiger partial charge in [-0.25, -0.2) is 0 Å². The van der Waals surface area contributed by atoms with Crippen LogP contribution >= 0.6 is 12.4 Å². The Hall–Kier alpha value is -4.37. The molecule has 0 unspecified atom stereocenters. The van der Waals surface area contributed by atoms with Crippen molar-refractivity contribution >= 4 is 53.0 Å². The molecule has 2 amide bonds. The number of nitrogens with zero attached hydrogens (tertiary/aromatic N) is 2. The van der Waals surface area contributed by atoms with Gasteiger partial charge in [-0.3, -0.25) is 19.6 Å². The van der Waals surface area contributed by atoms with Gasteiger partial charge in [-0.15, -0.1) is 12.4 Å². The van der Waals surface area contributed by atoms with Crippen molar-refractivity contribution in [2.24, 2.45) is 9.98 Å². The summed E-state index contributed by atoms with van der Waals surface area (Å²) in [5.74, 6) is 0.795. The van der Waals surface area contributed by atoms with Gasteiger partial charge in [0.2, 0.25) is 0 Å². The van der Waals surface area contributed by atoms with Gasteiger partial charge in [0, 0.05) is 61.9 Å². The van der Waals surface area contributed by atoms with E-state index in [0.29, 0.717) is 16.9 Å². The van der Waals surface area contributed by atoms with Gasteiger partial charge >= 0.3 is 0 Å². The highest BCUT2D eigenvalue weighted by Gasteiger charge is 2.14. The van der Waals surface area contributed by atoms with Gasteiger partial charge in [0.15, 0.2) is 0 Å². The van der Waals surface area contributed by atoms with Crippen LogP contribution in [0.1, 0.15) is 31.8 Å². The second kappa shape index (κ2) is 12.9. The summed E-state index contributed by atoms with van der Waals surface area (Å²) in [5.41, 5.74) is 9.98. The largest absolute Gasteiger partial charge is 0.398 e. The Morgan fingerprint density at radius 1 is 0.667 bits per heavy atom. The van der Waals surface area contributed by atoms with E-state index in [-0.39, 0.29) is 35.5 Å². The molecule has 3 aromatic carbocycles. The molecule has 3 aromatic rings. The molecule has 0 aliphatic heterocycles. The lowest BCUT2D eigenvalue weighted by atomic mass is 10.1. The quantitative estimate of drug-likeness (QED) is 0.198. The molecule has 0 aliphatic rings. The van der Waals surface area contributed by atoms with Crippen molar-refractivity contribution in [3.8, 4) is 0 Å². The van der Waals surface area contributed by atoms with E-state index in [2.05, 4.69) is 31.3 Å². The molecule has 0 saturated carbocycles. The number of hydrogen-bond acceptors (Lipinski definition) is 5. The highest BCUT2D eigenvalue weighted by Crippen LogP contribution is 2.19. The lowest BCUT2D eigenvalue weighted by Gasteiger charge is -2.11. The van der Waals surface area contributed by atoms with E-state index >= 15 is 0 Å². The third kappa shape index (κ3) is 6.61. The fraction of sp³-hybridized carbons (Fsp3) is 0.154. The minimum Gasteiger partial charge on any atom is -0.398 e. The molecule has 0 atom stereocenters. The first-order chi connectivity index (χ1) is 16.9. The van der Waals surface area contributed by atoms with E-state index in [1.165, 1.54) is 12.1 Å². The highest BCUT2D eigenvalue weighted by atomic mass is 35.5. The van der Waals surface area contributed by atoms with Crippen LogP contribution in [0.3, 0.4) is 0 Å². The maximum Gasteiger partial charge on any atom is 0.257 e. The number of anilines is 3. The van der Waals surface area contributed by atoms with Crippen LogP contribution in [0.2, 0.25) is 0 Å². The van der Waals surface area contributed by atoms with Crippen molar-refractivity contribution in [3.63, 3.8) is 0 Å². The smallest absolute Gasteiger partial charge is 0.257 e. The van der Waals surface area contributed by atoms with Crippen LogP contribution in [0, 0.1) is 0 Å². The fourth-order valence-electron chi connectivity index (χ4n) is 3.51. The average molecular weight is 508 g/mol. The third-order valence-electron chi connectivity index (χ3n) is 5.31. The normalized spacial score (nSPS) is 11.2. The lowest BCUT2D eigenvalue weighted by molar-refractivity contribution is 0.101. The number of rotatable bonds is 6. The zero-order valence-corrected chi connectivity index (χ0v) is 21.4. The van der Waals surface area contributed by atoms with Gasteiger partial charge in [-0.1, -0.05) is 0 Å². The predicted molar refractivity (Wildman–Crippen MR) is 150 cm³/mol. The molecule has 9 nitrogen and oxygen atoms in total. The van der Waals surface area contributed by atoms with E-state index in [9.17, 15) is 9.59 Å². The lowest BCUT2D eigenvalue weighted by Crippen LogP contribution is -2.19. The van der Waals surface area contributed by atoms with Crippen LogP contribution in [0.25, 0.3) is 0 Å². The number of aliphatic imine (C=N–C) groups is 2. The van der Waals surface area contributed by atoms with Gasteiger partial charge in [0.25, 0.3) is 11.8 Å². The molecule has 6 N–H and O–H groups in total. The number of hydrogen-bond donors (Lipinski definition) is 5. The summed E-state index contributed by atoms with van der Waals surface area (Å²) >= 11 is 0. The Balaban J connectivity index is 0.00000456. The molecule has 3 rings (SSSR count). The van der Waals surface area contributed by atoms with Crippen LogP contribution in [0.15, 0.2) is 76.7 Å². The van der Waals surface area contributed by atoms with Crippen molar-refractivity contribution in [1.82, 2.24) is 10.6 Å². The second-order valence-corrected chi connectivity index (χ2v) is 7.51. The van der Waals surface area contributed by atoms with Crippen molar-refractivity contribution in [1.29, 1.82) is 0 Å². The first-order valence-electron chi connectivity index (χ1n) is 10.9. The van der Waals surface area contributed by atoms with E-state index < -0.39 is 0 Å². The molecule has 0 aliphatic carbocycles. The maximum absolute atomic E-state index is 12.7. The number of halogens is 1. The van der Waals surface area contributed by atoms with Crippen molar-refractivity contribution in [3.05, 3.63) is 89.0 Å². The monoisotopic (exact) mass is 507 g/mol. The summed E-state index contributed by atoms with van der Waals surface area (Å²) in [6, 6.07) is 19.2. The molecule has 0 spiro atoms. The molecule has 0 radical (unpaired) electrons. The van der Waals surface area contributed by atoms with Crippen LogP contribution < -0.4 is 27.0 Å². The van der Waals surface area contributed by atoms with Gasteiger partial charge in [0.1, 0.15) is 11.7 Å². The van der Waals surface area contributed by atoms with E-state index in [4.69, 9.17) is 5.73 Å². The predicted octanol–water partition coefficient (Wildman–Crippen LogP) is 3.39. The number of carbonyl (C=O) groups is 2. The minimum atomic E-state index is -0.367. The van der Waals surface area contributed by atoms with E-state index in [1.807, 2.05) is 24.3 Å². The van der Waals surface area contributed by atoms with Crippen LogP contribution in [0.4, 0.5) is 17.1 Å². The number of nitrogen functional groups attached to an aromatic ring is 1. The topological polar surface area (TPSA) is 133 Å². The molecule has 36 heavy (non-hydrogen) atoms. The number of amides is 2. The summed E-state index contributed by atoms with van der Waals surface area (Å²) in [6.07, 6.45) is 0. The summed E-state index contributed by atoms with van der Waals surface area (Å²) in [5, 5.41) is 11.7. The summed E-state index contributed by atoms with van der Waals surface area (Å²) in [6.45, 7) is 0. The minimum absolute atomic E-state index is 0. The number of benzene rings is 3. The van der Waals surface area contributed by atoms with Crippen LogP contribution in [0.5, 0.6) is 0 Å². The van der Waals surface area contributed by atoms with Crippen molar-refractivity contribution in [2.75, 3.05) is 44.6 Å². The van der Waals surface area contributed by atoms with E-state index in [1.54, 1.807) is 58.5 Å². The average Bonchev–Trinajstić information content (AvgIpc) is 2.87. The van der Waals surface area contributed by atoms with Gasteiger partial charge < -0.3 is 27.0 Å². The highest BCUT2D eigenvalue weighted by molar-refractivity contribution is 6.10. The second-order valence-electron chi connectivity index (χ2n) is 7.51. The number of amidine groups is 2. The molecule has 0 saturated heterocycles. The van der Waals surface area contributed by atoms with Gasteiger partial charge in [-0.05, 0) is 66.7 Å². The fourth-order valence-corrected chi connectivity index (χ4v) is 3.51. The number of nitrogens with one attached hydrogen (secondary N) is 4. The Bertz CT molecular complexity index is 1270. The summed E-state index contributed by atoms with van der Waals surface area (Å²) < 4.78 is 0. The standard InChI is InChI=1S/C26H29N7O2.ClH/c1-28-23(29-2)16-5-10-19(11-6-16)32-25(34)18-9-14-21(22(27)15-18)26(35)33-20-12-7-17(8-13-20)24(30-3)31-4;/h5-15H,27H2,1-4H3,(H,28,29)(H,30,31)(H,32,34)(H,33,35);1H. The zero-order chi connectivity index (χ0) is 25.4. The SMILES string of the molecule is CN=C(NC)c1ccc(NC(=O)c2ccc(C(=O)Nc3ccc(C(=NC)NC)cc3)c(N)c2)cc1.Cl. The first kappa shape index (κ1) is 27.9. The first-order valence-corrected chi connectivity index (χ1v) is 10.9. The molecular weight excluding hydrogens is 478 g/mol. The Morgan fingerprint density at radius 2 is 1.08 bits per heavy atom. The van der Waals surface area contributed by atoms with Crippen LogP contribution in [-0.4, -0.2) is 51.7 Å². The van der Waals surface area contributed by atoms with Gasteiger partial charge in [0.05, 0.1) is 5.56 Å². The molecule has 188 valence electrons. The molecule has 0 fully saturated rings. The van der Waals surface area contributed by atoms with E-state index in [0.717, 1.165) is 22.8 Å². The van der Waals surface area contributed by atoms with Gasteiger partial charge in [-0.2, -0.15) is 0 Å². The molecular formula is C26H30ClN7O2. The maximum atomic E-state index is 12.7. The number of carbonyl (C=O) groups excluding carboxylic acids is 2. The Labute approximate surface area is 216 Å². The Kier molecular flexibility index (Phi) is 10.00. The summed E-state index contributed by atoms with van der Waals surface area (Å²) in [4.78, 5) is 33.7. The molecule has 0 bridgehead atoms. The third-order valence-corrected chi connectivity index (χ3v) is 5.31. The van der Waals surface area contributed by atoms with Crippen LogP contribution in [-0.2, 0) is 0 Å². The Morgan fingerprint density at radius 3 is 1.47 bits per heavy atom. The zero-order valence-electron chi connectivity index (χ0n) is 20.5. The molecule has 0 aromatic heterocycles. The molecule has 0 heterocycles.